The van der Waals surface area contributed by atoms with Crippen LogP contribution in [0.2, 0.25) is 0 Å². The lowest BCUT2D eigenvalue weighted by atomic mass is 10.1. The van der Waals surface area contributed by atoms with E-state index in [0.717, 1.165) is 10.9 Å². The smallest absolute Gasteiger partial charge is 0.268 e. The number of carbonyl (C=O) groups is 1. The van der Waals surface area contributed by atoms with Gasteiger partial charge in [0.2, 0.25) is 0 Å². The second kappa shape index (κ2) is 5.72. The molecule has 0 aliphatic carbocycles. The maximum absolute atomic E-state index is 12.7. The molecule has 1 aromatic heterocycles. The van der Waals surface area contributed by atoms with Crippen molar-refractivity contribution < 1.29 is 4.79 Å². The number of hydrogen-bond donors (Lipinski definition) is 1. The van der Waals surface area contributed by atoms with E-state index >= 15 is 0 Å². The number of carbonyl (C=O) groups excluding carboxylic acids is 1. The molecular formula is C17H22N2O2. The van der Waals surface area contributed by atoms with Gasteiger partial charge in [0, 0.05) is 17.5 Å². The summed E-state index contributed by atoms with van der Waals surface area (Å²) in [4.78, 5) is 25.1. The van der Waals surface area contributed by atoms with Crippen LogP contribution >= 0.6 is 0 Å². The van der Waals surface area contributed by atoms with Crippen LogP contribution in [0.5, 0.6) is 0 Å². The molecular weight excluding hydrogens is 264 g/mol. The fraction of sp³-hybridized carbons (Fsp3) is 0.412. The zero-order valence-corrected chi connectivity index (χ0v) is 13.2. The summed E-state index contributed by atoms with van der Waals surface area (Å²) in [5.74, 6) is -0.210. The molecule has 0 bridgehead atoms. The van der Waals surface area contributed by atoms with Gasteiger partial charge in [-0.05, 0) is 52.1 Å². The van der Waals surface area contributed by atoms with Gasteiger partial charge in [-0.1, -0.05) is 17.7 Å². The average molecular weight is 286 g/mol. The SMILES string of the molecule is Cc1ccc2cc(C(=O)NC(C)C)n(C(C)C)c(=O)c2c1. The molecule has 0 aliphatic heterocycles. The van der Waals surface area contributed by atoms with Crippen LogP contribution in [-0.2, 0) is 0 Å². The van der Waals surface area contributed by atoms with E-state index in [9.17, 15) is 9.59 Å². The van der Waals surface area contributed by atoms with Gasteiger partial charge in [-0.2, -0.15) is 0 Å². The Labute approximate surface area is 124 Å². The Balaban J connectivity index is 2.75. The highest BCUT2D eigenvalue weighted by Crippen LogP contribution is 2.17. The highest BCUT2D eigenvalue weighted by atomic mass is 16.2. The molecule has 0 atom stereocenters. The van der Waals surface area contributed by atoms with Crippen molar-refractivity contribution in [3.8, 4) is 0 Å². The van der Waals surface area contributed by atoms with Gasteiger partial charge in [0.25, 0.3) is 11.5 Å². The molecule has 1 heterocycles. The van der Waals surface area contributed by atoms with Crippen molar-refractivity contribution in [1.82, 2.24) is 9.88 Å². The van der Waals surface area contributed by atoms with Crippen molar-refractivity contribution in [3.63, 3.8) is 0 Å². The van der Waals surface area contributed by atoms with Crippen molar-refractivity contribution in [1.29, 1.82) is 0 Å². The number of amides is 1. The third kappa shape index (κ3) is 2.99. The molecule has 112 valence electrons. The van der Waals surface area contributed by atoms with Crippen LogP contribution in [0.1, 0.15) is 49.8 Å². The van der Waals surface area contributed by atoms with Gasteiger partial charge in [-0.3, -0.25) is 9.59 Å². The highest BCUT2D eigenvalue weighted by molar-refractivity contribution is 5.97. The maximum atomic E-state index is 12.7. The third-order valence-electron chi connectivity index (χ3n) is 3.38. The number of fused-ring (bicyclic) bond motifs is 1. The largest absolute Gasteiger partial charge is 0.349 e. The second-order valence-corrected chi connectivity index (χ2v) is 6.02. The molecule has 1 N–H and O–H groups in total. The van der Waals surface area contributed by atoms with Crippen molar-refractivity contribution in [3.05, 3.63) is 45.9 Å². The molecule has 4 nitrogen and oxygen atoms in total. The minimum atomic E-state index is -0.210. The summed E-state index contributed by atoms with van der Waals surface area (Å²) in [5, 5.41) is 4.32. The minimum Gasteiger partial charge on any atom is -0.349 e. The van der Waals surface area contributed by atoms with E-state index in [1.807, 2.05) is 52.8 Å². The first-order chi connectivity index (χ1) is 9.81. The van der Waals surface area contributed by atoms with Gasteiger partial charge >= 0.3 is 0 Å². The lowest BCUT2D eigenvalue weighted by Crippen LogP contribution is -2.36. The summed E-state index contributed by atoms with van der Waals surface area (Å²) < 4.78 is 1.57. The Bertz CT molecular complexity index is 742. The Morgan fingerprint density at radius 2 is 1.81 bits per heavy atom. The lowest BCUT2D eigenvalue weighted by Gasteiger charge is -2.18. The van der Waals surface area contributed by atoms with Crippen LogP contribution in [0.4, 0.5) is 0 Å². The fourth-order valence-electron chi connectivity index (χ4n) is 2.46. The summed E-state index contributed by atoms with van der Waals surface area (Å²) in [6, 6.07) is 7.47. The van der Waals surface area contributed by atoms with E-state index in [2.05, 4.69) is 5.32 Å². The van der Waals surface area contributed by atoms with Crippen LogP contribution < -0.4 is 10.9 Å². The summed E-state index contributed by atoms with van der Waals surface area (Å²) >= 11 is 0. The van der Waals surface area contributed by atoms with E-state index in [0.29, 0.717) is 11.1 Å². The molecule has 0 saturated carbocycles. The first-order valence-corrected chi connectivity index (χ1v) is 7.28. The summed E-state index contributed by atoms with van der Waals surface area (Å²) in [7, 11) is 0. The number of aryl methyl sites for hydroxylation is 1. The van der Waals surface area contributed by atoms with Gasteiger partial charge in [0.1, 0.15) is 5.69 Å². The van der Waals surface area contributed by atoms with E-state index in [-0.39, 0.29) is 23.6 Å². The molecule has 1 aromatic carbocycles. The van der Waals surface area contributed by atoms with Gasteiger partial charge in [0.05, 0.1) is 0 Å². The van der Waals surface area contributed by atoms with Crippen LogP contribution in [0, 0.1) is 6.92 Å². The quantitative estimate of drug-likeness (QED) is 0.943. The molecule has 0 aliphatic rings. The number of aromatic nitrogens is 1. The molecule has 4 heteroatoms. The van der Waals surface area contributed by atoms with Gasteiger partial charge < -0.3 is 9.88 Å². The van der Waals surface area contributed by atoms with Crippen LogP contribution in [0.25, 0.3) is 10.8 Å². The van der Waals surface area contributed by atoms with Gasteiger partial charge in [0.15, 0.2) is 0 Å². The molecule has 0 unspecified atom stereocenters. The molecule has 2 aromatic rings. The zero-order chi connectivity index (χ0) is 15.7. The van der Waals surface area contributed by atoms with Crippen LogP contribution in [-0.4, -0.2) is 16.5 Å². The van der Waals surface area contributed by atoms with Crippen molar-refractivity contribution in [2.45, 2.75) is 46.7 Å². The molecule has 21 heavy (non-hydrogen) atoms. The van der Waals surface area contributed by atoms with Crippen molar-refractivity contribution >= 4 is 16.7 Å². The van der Waals surface area contributed by atoms with Crippen LogP contribution in [0.3, 0.4) is 0 Å². The first-order valence-electron chi connectivity index (χ1n) is 7.28. The second-order valence-electron chi connectivity index (χ2n) is 6.02. The first kappa shape index (κ1) is 15.3. The highest BCUT2D eigenvalue weighted by Gasteiger charge is 2.18. The number of benzene rings is 1. The number of nitrogens with one attached hydrogen (secondary N) is 1. The van der Waals surface area contributed by atoms with Crippen LogP contribution in [0.15, 0.2) is 29.1 Å². The molecule has 0 spiro atoms. The lowest BCUT2D eigenvalue weighted by molar-refractivity contribution is 0.0931. The molecule has 1 amide bonds. The summed E-state index contributed by atoms with van der Waals surface area (Å²) in [6.07, 6.45) is 0. The Morgan fingerprint density at radius 3 is 2.38 bits per heavy atom. The topological polar surface area (TPSA) is 51.1 Å². The van der Waals surface area contributed by atoms with Crippen molar-refractivity contribution in [2.24, 2.45) is 0 Å². The third-order valence-corrected chi connectivity index (χ3v) is 3.38. The fourth-order valence-corrected chi connectivity index (χ4v) is 2.46. The summed E-state index contributed by atoms with van der Waals surface area (Å²) in [6.45, 7) is 9.59. The molecule has 2 rings (SSSR count). The number of pyridine rings is 1. The molecule has 0 fully saturated rings. The standard InChI is InChI=1S/C17H22N2O2/c1-10(2)18-16(20)15-9-13-7-6-12(5)8-14(13)17(21)19(15)11(3)4/h6-11H,1-5H3,(H,18,20). The maximum Gasteiger partial charge on any atom is 0.268 e. The Morgan fingerprint density at radius 1 is 1.14 bits per heavy atom. The average Bonchev–Trinajstić information content (AvgIpc) is 2.37. The Kier molecular flexibility index (Phi) is 4.16. The van der Waals surface area contributed by atoms with Gasteiger partial charge in [-0.25, -0.2) is 0 Å². The number of hydrogen-bond acceptors (Lipinski definition) is 2. The van der Waals surface area contributed by atoms with E-state index in [4.69, 9.17) is 0 Å². The molecule has 0 radical (unpaired) electrons. The van der Waals surface area contributed by atoms with Crippen molar-refractivity contribution in [2.75, 3.05) is 0 Å². The Hall–Kier alpha value is -2.10. The predicted molar refractivity (Wildman–Crippen MR) is 85.9 cm³/mol. The van der Waals surface area contributed by atoms with E-state index < -0.39 is 0 Å². The van der Waals surface area contributed by atoms with E-state index in [1.165, 1.54) is 0 Å². The normalized spacial score (nSPS) is 11.4. The molecule has 0 saturated heterocycles. The predicted octanol–water partition coefficient (Wildman–Crippen LogP) is 3.03. The number of nitrogens with zero attached hydrogens (tertiary/aromatic N) is 1. The monoisotopic (exact) mass is 286 g/mol. The zero-order valence-electron chi connectivity index (χ0n) is 13.2. The number of rotatable bonds is 3. The summed E-state index contributed by atoms with van der Waals surface area (Å²) in [5.41, 5.74) is 1.34. The van der Waals surface area contributed by atoms with Gasteiger partial charge in [-0.15, -0.1) is 0 Å². The van der Waals surface area contributed by atoms with E-state index in [1.54, 1.807) is 10.6 Å². The minimum absolute atomic E-state index is 0.0296.